The van der Waals surface area contributed by atoms with E-state index in [4.69, 9.17) is 0 Å². The molecule has 0 N–H and O–H groups in total. The highest BCUT2D eigenvalue weighted by atomic mass is 19.1. The molecule has 0 nitrogen and oxygen atoms in total. The molecule has 0 aromatic heterocycles. The lowest BCUT2D eigenvalue weighted by atomic mass is 9.85. The molecular weight excluding hydrogens is 350 g/mol. The first kappa shape index (κ1) is 16.6. The van der Waals surface area contributed by atoms with Crippen LogP contribution in [0.4, 0.5) is 8.78 Å². The van der Waals surface area contributed by atoms with Crippen LogP contribution in [0.15, 0.2) is 97.1 Å². The van der Waals surface area contributed by atoms with Gasteiger partial charge in [-0.25, -0.2) is 8.78 Å². The normalized spacial score (nSPS) is 11.2. The van der Waals surface area contributed by atoms with E-state index in [1.54, 1.807) is 24.3 Å². The molecule has 0 amide bonds. The van der Waals surface area contributed by atoms with Crippen LogP contribution < -0.4 is 0 Å². The number of benzene rings is 5. The molecule has 28 heavy (non-hydrogen) atoms. The fraction of sp³-hybridized carbons (Fsp3) is 0. The Morgan fingerprint density at radius 3 is 1.04 bits per heavy atom. The summed E-state index contributed by atoms with van der Waals surface area (Å²) < 4.78 is 27.2. The highest BCUT2D eigenvalue weighted by Crippen LogP contribution is 2.44. The van der Waals surface area contributed by atoms with Crippen LogP contribution >= 0.6 is 0 Å². The molecule has 0 aliphatic carbocycles. The number of halogens is 2. The molecule has 0 bridgehead atoms. The van der Waals surface area contributed by atoms with Crippen molar-refractivity contribution in [3.05, 3.63) is 109 Å². The number of fused-ring (bicyclic) bond motifs is 3. The second-order valence-electron chi connectivity index (χ2n) is 6.85. The zero-order chi connectivity index (χ0) is 19.1. The maximum atomic E-state index is 13.6. The van der Waals surface area contributed by atoms with Gasteiger partial charge in [-0.15, -0.1) is 0 Å². The van der Waals surface area contributed by atoms with Crippen LogP contribution in [0.3, 0.4) is 0 Å². The van der Waals surface area contributed by atoms with Crippen LogP contribution in [0.2, 0.25) is 0 Å². The molecule has 0 aliphatic rings. The summed E-state index contributed by atoms with van der Waals surface area (Å²) in [6.45, 7) is 0. The van der Waals surface area contributed by atoms with Crippen molar-refractivity contribution in [1.82, 2.24) is 0 Å². The van der Waals surface area contributed by atoms with Crippen LogP contribution in [0.1, 0.15) is 0 Å². The van der Waals surface area contributed by atoms with Crippen LogP contribution in [-0.4, -0.2) is 0 Å². The maximum Gasteiger partial charge on any atom is 0.123 e. The number of rotatable bonds is 2. The third-order valence-electron chi connectivity index (χ3n) is 5.20. The molecule has 2 heteroatoms. The molecule has 0 unspecified atom stereocenters. The van der Waals surface area contributed by atoms with Gasteiger partial charge in [-0.1, -0.05) is 72.8 Å². The third-order valence-corrected chi connectivity index (χ3v) is 5.20. The summed E-state index contributed by atoms with van der Waals surface area (Å²) in [6, 6.07) is 29.6. The van der Waals surface area contributed by atoms with Crippen molar-refractivity contribution in [2.75, 3.05) is 0 Å². The summed E-state index contributed by atoms with van der Waals surface area (Å²) in [5.41, 5.74) is 3.92. The molecule has 5 rings (SSSR count). The largest absolute Gasteiger partial charge is 0.207 e. The van der Waals surface area contributed by atoms with Crippen LogP contribution in [-0.2, 0) is 0 Å². The molecule has 0 heterocycles. The summed E-state index contributed by atoms with van der Waals surface area (Å²) in [6.07, 6.45) is 0. The van der Waals surface area contributed by atoms with E-state index in [1.165, 1.54) is 24.3 Å². The third kappa shape index (κ3) is 2.66. The van der Waals surface area contributed by atoms with Crippen molar-refractivity contribution < 1.29 is 8.78 Å². The summed E-state index contributed by atoms with van der Waals surface area (Å²) in [7, 11) is 0. The van der Waals surface area contributed by atoms with Gasteiger partial charge in [0.05, 0.1) is 0 Å². The molecule has 5 aromatic rings. The Morgan fingerprint density at radius 1 is 0.357 bits per heavy atom. The summed E-state index contributed by atoms with van der Waals surface area (Å²) in [5, 5.41) is 4.46. The summed E-state index contributed by atoms with van der Waals surface area (Å²) in [4.78, 5) is 0. The standard InChI is InChI=1S/C26H16F2/c27-19-13-9-17(10-14-19)25-23-7-3-1-5-21(23)22-6-2-4-8-24(22)26(25)18-11-15-20(28)16-12-18/h1-16H. The Kier molecular flexibility index (Phi) is 3.91. The molecule has 134 valence electrons. The predicted octanol–water partition coefficient (Wildman–Crippen LogP) is 7.61. The molecule has 5 aromatic carbocycles. The van der Waals surface area contributed by atoms with Gasteiger partial charge < -0.3 is 0 Å². The molecule has 0 saturated carbocycles. The molecule has 0 aliphatic heterocycles. The first-order valence-corrected chi connectivity index (χ1v) is 9.18. The smallest absolute Gasteiger partial charge is 0.123 e. The summed E-state index contributed by atoms with van der Waals surface area (Å²) in [5.74, 6) is -0.533. The second-order valence-corrected chi connectivity index (χ2v) is 6.85. The van der Waals surface area contributed by atoms with Crippen molar-refractivity contribution >= 4 is 21.5 Å². The van der Waals surface area contributed by atoms with E-state index in [1.807, 2.05) is 24.3 Å². The number of hydrogen-bond donors (Lipinski definition) is 0. The minimum absolute atomic E-state index is 0.267. The SMILES string of the molecule is Fc1ccc(-c2c(-c3ccc(F)cc3)c3ccccc3c3ccccc23)cc1. The quantitative estimate of drug-likeness (QED) is 0.282. The van der Waals surface area contributed by atoms with Crippen molar-refractivity contribution in [2.45, 2.75) is 0 Å². The maximum absolute atomic E-state index is 13.6. The van der Waals surface area contributed by atoms with E-state index in [2.05, 4.69) is 24.3 Å². The predicted molar refractivity (Wildman–Crippen MR) is 112 cm³/mol. The average molecular weight is 366 g/mol. The van der Waals surface area contributed by atoms with Crippen LogP contribution in [0.5, 0.6) is 0 Å². The Balaban J connectivity index is 2.00. The first-order chi connectivity index (χ1) is 13.7. The van der Waals surface area contributed by atoms with Crippen molar-refractivity contribution in [1.29, 1.82) is 0 Å². The van der Waals surface area contributed by atoms with E-state index >= 15 is 0 Å². The molecular formula is C26H16F2. The minimum atomic E-state index is -0.267. The van der Waals surface area contributed by atoms with Gasteiger partial charge in [-0.05, 0) is 68.1 Å². The van der Waals surface area contributed by atoms with E-state index < -0.39 is 0 Å². The van der Waals surface area contributed by atoms with E-state index in [-0.39, 0.29) is 11.6 Å². The zero-order valence-corrected chi connectivity index (χ0v) is 15.0. The van der Waals surface area contributed by atoms with Gasteiger partial charge in [0.1, 0.15) is 11.6 Å². The fourth-order valence-electron chi connectivity index (χ4n) is 3.97. The van der Waals surface area contributed by atoms with Gasteiger partial charge in [0.2, 0.25) is 0 Å². The lowest BCUT2D eigenvalue weighted by Gasteiger charge is -2.18. The average Bonchev–Trinajstić information content (AvgIpc) is 2.74. The lowest BCUT2D eigenvalue weighted by Crippen LogP contribution is -1.92. The van der Waals surface area contributed by atoms with Crippen LogP contribution in [0, 0.1) is 11.6 Å². The minimum Gasteiger partial charge on any atom is -0.207 e. The van der Waals surface area contributed by atoms with Gasteiger partial charge in [0, 0.05) is 0 Å². The molecule has 0 atom stereocenters. The molecule has 0 spiro atoms. The van der Waals surface area contributed by atoms with Gasteiger partial charge >= 0.3 is 0 Å². The van der Waals surface area contributed by atoms with Gasteiger partial charge in [-0.2, -0.15) is 0 Å². The fourth-order valence-corrected chi connectivity index (χ4v) is 3.97. The lowest BCUT2D eigenvalue weighted by molar-refractivity contribution is 0.627. The van der Waals surface area contributed by atoms with Gasteiger partial charge in [0.25, 0.3) is 0 Å². The Hall–Kier alpha value is -3.52. The Labute approximate surface area is 161 Å². The first-order valence-electron chi connectivity index (χ1n) is 9.18. The van der Waals surface area contributed by atoms with E-state index in [9.17, 15) is 8.78 Å². The number of hydrogen-bond acceptors (Lipinski definition) is 0. The van der Waals surface area contributed by atoms with E-state index in [0.29, 0.717) is 0 Å². The van der Waals surface area contributed by atoms with Crippen molar-refractivity contribution in [3.8, 4) is 22.3 Å². The zero-order valence-electron chi connectivity index (χ0n) is 15.0. The van der Waals surface area contributed by atoms with Crippen molar-refractivity contribution in [3.63, 3.8) is 0 Å². The Morgan fingerprint density at radius 2 is 0.679 bits per heavy atom. The highest BCUT2D eigenvalue weighted by molar-refractivity contribution is 6.21. The Bertz CT molecular complexity index is 1200. The van der Waals surface area contributed by atoms with Gasteiger partial charge in [-0.3, -0.25) is 0 Å². The van der Waals surface area contributed by atoms with Gasteiger partial charge in [0.15, 0.2) is 0 Å². The topological polar surface area (TPSA) is 0 Å². The van der Waals surface area contributed by atoms with E-state index in [0.717, 1.165) is 43.8 Å². The second kappa shape index (κ2) is 6.58. The summed E-state index contributed by atoms with van der Waals surface area (Å²) >= 11 is 0. The monoisotopic (exact) mass is 366 g/mol. The molecule has 0 saturated heterocycles. The molecule has 0 radical (unpaired) electrons. The van der Waals surface area contributed by atoms with Crippen molar-refractivity contribution in [2.24, 2.45) is 0 Å². The van der Waals surface area contributed by atoms with Crippen LogP contribution in [0.25, 0.3) is 43.8 Å². The molecule has 0 fully saturated rings. The highest BCUT2D eigenvalue weighted by Gasteiger charge is 2.17.